The minimum atomic E-state index is 0.0740. The lowest BCUT2D eigenvalue weighted by Gasteiger charge is -2.26. The van der Waals surface area contributed by atoms with Gasteiger partial charge in [-0.05, 0) is 18.6 Å². The Kier molecular flexibility index (Phi) is 4.58. The van der Waals surface area contributed by atoms with Gasteiger partial charge in [-0.25, -0.2) is 0 Å². The maximum Gasteiger partial charge on any atom is 0.246 e. The van der Waals surface area contributed by atoms with Crippen LogP contribution in [0.3, 0.4) is 0 Å². The average Bonchev–Trinajstić information content (AvgIpc) is 2.48. The molecule has 1 aliphatic heterocycles. The Morgan fingerprint density at radius 1 is 1.32 bits per heavy atom. The van der Waals surface area contributed by atoms with Gasteiger partial charge >= 0.3 is 0 Å². The number of benzene rings is 1. The van der Waals surface area contributed by atoms with E-state index in [-0.39, 0.29) is 5.91 Å². The van der Waals surface area contributed by atoms with Gasteiger partial charge in [0.1, 0.15) is 5.75 Å². The number of methoxy groups -OCH3 is 1. The van der Waals surface area contributed by atoms with Crippen molar-refractivity contribution in [3.8, 4) is 5.75 Å². The zero-order chi connectivity index (χ0) is 13.7. The van der Waals surface area contributed by atoms with E-state index in [0.717, 1.165) is 43.1 Å². The van der Waals surface area contributed by atoms with Gasteiger partial charge < -0.3 is 15.0 Å². The first-order chi connectivity index (χ1) is 9.22. The number of nitrogens with zero attached hydrogens (tertiary/aromatic N) is 1. The zero-order valence-electron chi connectivity index (χ0n) is 11.5. The van der Waals surface area contributed by atoms with Gasteiger partial charge in [0, 0.05) is 37.8 Å². The molecule has 1 amide bonds. The normalized spacial score (nSPS) is 16.3. The van der Waals surface area contributed by atoms with Crippen LogP contribution in [0.2, 0.25) is 0 Å². The molecule has 1 aliphatic rings. The minimum Gasteiger partial charge on any atom is -0.496 e. The van der Waals surface area contributed by atoms with Gasteiger partial charge in [0.05, 0.1) is 7.11 Å². The predicted octanol–water partition coefficient (Wildman–Crippen LogP) is 1.53. The number of hydrogen-bond acceptors (Lipinski definition) is 3. The quantitative estimate of drug-likeness (QED) is 0.838. The monoisotopic (exact) mass is 260 g/mol. The second-order valence-corrected chi connectivity index (χ2v) is 4.60. The van der Waals surface area contributed by atoms with Crippen molar-refractivity contribution in [3.63, 3.8) is 0 Å². The van der Waals surface area contributed by atoms with Crippen LogP contribution in [0.25, 0.3) is 5.57 Å². The van der Waals surface area contributed by atoms with Gasteiger partial charge in [0.15, 0.2) is 0 Å². The molecule has 1 saturated heterocycles. The summed E-state index contributed by atoms with van der Waals surface area (Å²) >= 11 is 0. The number of carbonyl (C=O) groups is 1. The van der Waals surface area contributed by atoms with Crippen LogP contribution >= 0.6 is 0 Å². The molecule has 19 heavy (non-hydrogen) atoms. The Labute approximate surface area is 114 Å². The van der Waals surface area contributed by atoms with E-state index >= 15 is 0 Å². The van der Waals surface area contributed by atoms with Crippen LogP contribution < -0.4 is 10.1 Å². The summed E-state index contributed by atoms with van der Waals surface area (Å²) < 4.78 is 5.32. The van der Waals surface area contributed by atoms with Crippen LogP contribution in [0.1, 0.15) is 12.5 Å². The van der Waals surface area contributed by atoms with E-state index in [2.05, 4.69) is 5.32 Å². The molecule has 4 heteroatoms. The topological polar surface area (TPSA) is 41.6 Å². The molecular formula is C15H20N2O2. The highest BCUT2D eigenvalue weighted by atomic mass is 16.5. The number of amides is 1. The van der Waals surface area contributed by atoms with Crippen LogP contribution in [0.5, 0.6) is 5.75 Å². The molecule has 0 unspecified atom stereocenters. The highest BCUT2D eigenvalue weighted by Gasteiger charge is 2.15. The van der Waals surface area contributed by atoms with Gasteiger partial charge in [-0.15, -0.1) is 0 Å². The van der Waals surface area contributed by atoms with Crippen molar-refractivity contribution < 1.29 is 9.53 Å². The van der Waals surface area contributed by atoms with Crippen molar-refractivity contribution in [1.29, 1.82) is 0 Å². The molecule has 1 aromatic carbocycles. The third-order valence-electron chi connectivity index (χ3n) is 3.30. The van der Waals surface area contributed by atoms with E-state index in [1.165, 1.54) is 0 Å². The van der Waals surface area contributed by atoms with Crippen LogP contribution in [-0.2, 0) is 4.79 Å². The number of ether oxygens (including phenoxy) is 1. The summed E-state index contributed by atoms with van der Waals surface area (Å²) in [6.07, 6.45) is 1.70. The lowest BCUT2D eigenvalue weighted by atomic mass is 10.1. The standard InChI is InChI=1S/C15H20N2O2/c1-12(13-5-3-4-6-14(13)19-2)11-15(18)17-9-7-16-8-10-17/h3-6,11,16H,7-10H2,1-2H3/b12-11+. The van der Waals surface area contributed by atoms with E-state index in [9.17, 15) is 4.79 Å². The molecule has 0 saturated carbocycles. The molecule has 0 bridgehead atoms. The fraction of sp³-hybridized carbons (Fsp3) is 0.400. The first kappa shape index (κ1) is 13.6. The Balaban J connectivity index is 2.15. The van der Waals surface area contributed by atoms with Gasteiger partial charge in [0.25, 0.3) is 0 Å². The summed E-state index contributed by atoms with van der Waals surface area (Å²) in [5.41, 5.74) is 1.90. The summed E-state index contributed by atoms with van der Waals surface area (Å²) in [6, 6.07) is 7.75. The van der Waals surface area contributed by atoms with E-state index in [1.807, 2.05) is 36.1 Å². The average molecular weight is 260 g/mol. The Hall–Kier alpha value is -1.81. The molecule has 1 aromatic rings. The number of rotatable bonds is 3. The van der Waals surface area contributed by atoms with Crippen molar-refractivity contribution in [1.82, 2.24) is 10.2 Å². The molecule has 0 aliphatic carbocycles. The molecule has 2 rings (SSSR count). The summed E-state index contributed by atoms with van der Waals surface area (Å²) in [5.74, 6) is 0.870. The Morgan fingerprint density at radius 3 is 2.68 bits per heavy atom. The molecule has 4 nitrogen and oxygen atoms in total. The molecule has 0 spiro atoms. The fourth-order valence-corrected chi connectivity index (χ4v) is 2.21. The van der Waals surface area contributed by atoms with E-state index in [1.54, 1.807) is 13.2 Å². The van der Waals surface area contributed by atoms with E-state index in [0.29, 0.717) is 0 Å². The number of para-hydroxylation sites is 1. The number of piperazine rings is 1. The number of nitrogens with one attached hydrogen (secondary N) is 1. The second-order valence-electron chi connectivity index (χ2n) is 4.60. The summed E-state index contributed by atoms with van der Waals surface area (Å²) in [7, 11) is 1.64. The second kappa shape index (κ2) is 6.38. The van der Waals surface area contributed by atoms with Crippen LogP contribution in [0.15, 0.2) is 30.3 Å². The number of hydrogen-bond donors (Lipinski definition) is 1. The lowest BCUT2D eigenvalue weighted by Crippen LogP contribution is -2.45. The lowest BCUT2D eigenvalue weighted by molar-refractivity contribution is -0.126. The van der Waals surface area contributed by atoms with Gasteiger partial charge in [-0.2, -0.15) is 0 Å². The summed E-state index contributed by atoms with van der Waals surface area (Å²) in [5, 5.41) is 3.24. The van der Waals surface area contributed by atoms with E-state index in [4.69, 9.17) is 4.74 Å². The summed E-state index contributed by atoms with van der Waals surface area (Å²) in [4.78, 5) is 14.0. The largest absolute Gasteiger partial charge is 0.496 e. The minimum absolute atomic E-state index is 0.0740. The van der Waals surface area contributed by atoms with E-state index < -0.39 is 0 Å². The van der Waals surface area contributed by atoms with Crippen LogP contribution in [-0.4, -0.2) is 44.1 Å². The summed E-state index contributed by atoms with van der Waals surface area (Å²) in [6.45, 7) is 5.22. The van der Waals surface area contributed by atoms with Gasteiger partial charge in [-0.3, -0.25) is 4.79 Å². The third kappa shape index (κ3) is 3.35. The molecule has 1 N–H and O–H groups in total. The maximum atomic E-state index is 12.2. The fourth-order valence-electron chi connectivity index (χ4n) is 2.21. The van der Waals surface area contributed by atoms with Crippen molar-refractivity contribution in [2.75, 3.05) is 33.3 Å². The SMILES string of the molecule is COc1ccccc1/C(C)=C/C(=O)N1CCNCC1. The maximum absolute atomic E-state index is 12.2. The number of allylic oxidation sites excluding steroid dienone is 1. The highest BCUT2D eigenvalue weighted by Crippen LogP contribution is 2.25. The van der Waals surface area contributed by atoms with Crippen LogP contribution in [0.4, 0.5) is 0 Å². The first-order valence-corrected chi connectivity index (χ1v) is 6.53. The molecule has 0 radical (unpaired) electrons. The Morgan fingerprint density at radius 2 is 2.00 bits per heavy atom. The third-order valence-corrected chi connectivity index (χ3v) is 3.30. The molecule has 1 heterocycles. The van der Waals surface area contributed by atoms with Crippen molar-refractivity contribution in [3.05, 3.63) is 35.9 Å². The predicted molar refractivity (Wildman–Crippen MR) is 76.1 cm³/mol. The smallest absolute Gasteiger partial charge is 0.246 e. The molecule has 102 valence electrons. The molecular weight excluding hydrogens is 240 g/mol. The number of carbonyl (C=O) groups excluding carboxylic acids is 1. The molecule has 0 atom stereocenters. The van der Waals surface area contributed by atoms with Crippen molar-refractivity contribution in [2.24, 2.45) is 0 Å². The van der Waals surface area contributed by atoms with Gasteiger partial charge in [0.2, 0.25) is 5.91 Å². The van der Waals surface area contributed by atoms with Crippen LogP contribution in [0, 0.1) is 0 Å². The Bertz CT molecular complexity index is 477. The highest BCUT2D eigenvalue weighted by molar-refractivity contribution is 5.95. The van der Waals surface area contributed by atoms with Crippen molar-refractivity contribution >= 4 is 11.5 Å². The molecule has 0 aromatic heterocycles. The van der Waals surface area contributed by atoms with Crippen molar-refractivity contribution in [2.45, 2.75) is 6.92 Å². The zero-order valence-corrected chi connectivity index (χ0v) is 11.5. The van der Waals surface area contributed by atoms with Gasteiger partial charge in [-0.1, -0.05) is 18.2 Å². The first-order valence-electron chi connectivity index (χ1n) is 6.53. The molecule has 1 fully saturated rings.